The molecule has 1 aliphatic rings. The van der Waals surface area contributed by atoms with Gasteiger partial charge in [-0.15, -0.1) is 11.3 Å². The molecule has 1 unspecified atom stereocenters. The minimum absolute atomic E-state index is 0.624. The third kappa shape index (κ3) is 4.25. The van der Waals surface area contributed by atoms with E-state index in [1.807, 2.05) is 17.6 Å². The summed E-state index contributed by atoms with van der Waals surface area (Å²) < 4.78 is 0. The van der Waals surface area contributed by atoms with Crippen molar-refractivity contribution in [1.82, 2.24) is 30.0 Å². The van der Waals surface area contributed by atoms with E-state index in [0.29, 0.717) is 5.92 Å². The molecule has 26 heavy (non-hydrogen) atoms. The first-order valence-corrected chi connectivity index (χ1v) is 9.83. The number of H-pyrrole nitrogens is 1. The first-order valence-electron chi connectivity index (χ1n) is 8.95. The van der Waals surface area contributed by atoms with Crippen molar-refractivity contribution >= 4 is 22.3 Å². The molecule has 2 N–H and O–H groups in total. The minimum atomic E-state index is 0.624. The number of aryl methyl sites for hydroxylation is 1. The van der Waals surface area contributed by atoms with Gasteiger partial charge in [0.1, 0.15) is 12.1 Å². The van der Waals surface area contributed by atoms with Crippen LogP contribution < -0.4 is 5.32 Å². The SMILES string of the molecule is Cc1[nH]ncc1CN1CCCC(Cc2cc(Nc3nccs3)ncn2)C1. The van der Waals surface area contributed by atoms with Crippen LogP contribution in [0.15, 0.2) is 30.2 Å². The summed E-state index contributed by atoms with van der Waals surface area (Å²) in [5.74, 6) is 1.44. The summed E-state index contributed by atoms with van der Waals surface area (Å²) in [5.41, 5.74) is 3.55. The van der Waals surface area contributed by atoms with E-state index in [-0.39, 0.29) is 0 Å². The van der Waals surface area contributed by atoms with Crippen molar-refractivity contribution in [2.45, 2.75) is 32.7 Å². The minimum Gasteiger partial charge on any atom is -0.316 e. The second kappa shape index (κ2) is 7.92. The van der Waals surface area contributed by atoms with Gasteiger partial charge in [0, 0.05) is 47.7 Å². The summed E-state index contributed by atoms with van der Waals surface area (Å²) in [4.78, 5) is 15.6. The molecule has 1 aliphatic heterocycles. The Bertz CT molecular complexity index is 830. The summed E-state index contributed by atoms with van der Waals surface area (Å²) in [6, 6.07) is 2.04. The van der Waals surface area contributed by atoms with Gasteiger partial charge in [0.05, 0.1) is 6.20 Å². The summed E-state index contributed by atoms with van der Waals surface area (Å²) in [6.07, 6.45) is 8.83. The molecule has 4 rings (SSSR count). The monoisotopic (exact) mass is 369 g/mol. The van der Waals surface area contributed by atoms with E-state index in [4.69, 9.17) is 0 Å². The van der Waals surface area contributed by atoms with Gasteiger partial charge in [-0.05, 0) is 38.6 Å². The predicted molar refractivity (Wildman–Crippen MR) is 102 cm³/mol. The van der Waals surface area contributed by atoms with Crippen molar-refractivity contribution in [3.8, 4) is 0 Å². The van der Waals surface area contributed by atoms with Gasteiger partial charge >= 0.3 is 0 Å². The van der Waals surface area contributed by atoms with Crippen molar-refractivity contribution in [3.63, 3.8) is 0 Å². The largest absolute Gasteiger partial charge is 0.316 e. The smallest absolute Gasteiger partial charge is 0.188 e. The molecule has 136 valence electrons. The fourth-order valence-electron chi connectivity index (χ4n) is 3.51. The van der Waals surface area contributed by atoms with E-state index in [0.717, 1.165) is 42.7 Å². The van der Waals surface area contributed by atoms with Gasteiger partial charge in [-0.2, -0.15) is 5.10 Å². The van der Waals surface area contributed by atoms with Crippen LogP contribution >= 0.6 is 11.3 Å². The number of aromatic nitrogens is 5. The third-order valence-corrected chi connectivity index (χ3v) is 5.51. The zero-order valence-electron chi connectivity index (χ0n) is 14.9. The molecule has 7 nitrogen and oxygen atoms in total. The number of hydrogen-bond acceptors (Lipinski definition) is 7. The molecule has 0 spiro atoms. The van der Waals surface area contributed by atoms with Crippen LogP contribution in [0.25, 0.3) is 0 Å². The highest BCUT2D eigenvalue weighted by Gasteiger charge is 2.21. The maximum atomic E-state index is 4.48. The van der Waals surface area contributed by atoms with E-state index in [9.17, 15) is 0 Å². The van der Waals surface area contributed by atoms with Crippen molar-refractivity contribution < 1.29 is 0 Å². The summed E-state index contributed by atoms with van der Waals surface area (Å²) in [5, 5.41) is 13.2. The maximum absolute atomic E-state index is 4.48. The highest BCUT2D eigenvalue weighted by molar-refractivity contribution is 7.13. The number of thiazole rings is 1. The van der Waals surface area contributed by atoms with E-state index in [1.54, 1.807) is 23.9 Å². The Morgan fingerprint density at radius 3 is 3.12 bits per heavy atom. The highest BCUT2D eigenvalue weighted by Crippen LogP contribution is 2.23. The van der Waals surface area contributed by atoms with Crippen LogP contribution in [0.4, 0.5) is 10.9 Å². The van der Waals surface area contributed by atoms with Gasteiger partial charge in [-0.25, -0.2) is 15.0 Å². The average Bonchev–Trinajstić information content (AvgIpc) is 3.28. The van der Waals surface area contributed by atoms with E-state index in [1.165, 1.54) is 24.1 Å². The Hall–Kier alpha value is -2.32. The molecule has 1 saturated heterocycles. The molecular weight excluding hydrogens is 346 g/mol. The van der Waals surface area contributed by atoms with Gasteiger partial charge in [0.2, 0.25) is 0 Å². The summed E-state index contributed by atoms with van der Waals surface area (Å²) in [6.45, 7) is 5.31. The van der Waals surface area contributed by atoms with Gasteiger partial charge in [0.25, 0.3) is 0 Å². The van der Waals surface area contributed by atoms with Crippen LogP contribution in [0.1, 0.15) is 29.8 Å². The number of hydrogen-bond donors (Lipinski definition) is 2. The van der Waals surface area contributed by atoms with E-state index >= 15 is 0 Å². The molecule has 0 bridgehead atoms. The number of nitrogens with zero attached hydrogens (tertiary/aromatic N) is 5. The molecular formula is C18H23N7S. The molecule has 3 aromatic heterocycles. The Labute approximate surface area is 156 Å². The summed E-state index contributed by atoms with van der Waals surface area (Å²) >= 11 is 1.57. The Morgan fingerprint density at radius 2 is 2.31 bits per heavy atom. The second-order valence-corrected chi connectivity index (χ2v) is 7.72. The number of aromatic amines is 1. The van der Waals surface area contributed by atoms with Gasteiger partial charge in [0.15, 0.2) is 5.13 Å². The van der Waals surface area contributed by atoms with Crippen LogP contribution in [0.5, 0.6) is 0 Å². The first kappa shape index (κ1) is 17.1. The number of anilines is 2. The molecule has 1 atom stereocenters. The fourth-order valence-corrected chi connectivity index (χ4v) is 4.04. The van der Waals surface area contributed by atoms with Gasteiger partial charge in [-0.3, -0.25) is 10.00 Å². The molecule has 0 aromatic carbocycles. The second-order valence-electron chi connectivity index (χ2n) is 6.82. The molecule has 8 heteroatoms. The molecule has 0 radical (unpaired) electrons. The van der Waals surface area contributed by atoms with Crippen LogP contribution in [0.3, 0.4) is 0 Å². The quantitative estimate of drug-likeness (QED) is 0.694. The van der Waals surface area contributed by atoms with Crippen molar-refractivity contribution in [1.29, 1.82) is 0 Å². The lowest BCUT2D eigenvalue weighted by Crippen LogP contribution is -2.35. The molecule has 3 aromatic rings. The van der Waals surface area contributed by atoms with Crippen molar-refractivity contribution in [2.75, 3.05) is 18.4 Å². The van der Waals surface area contributed by atoms with Crippen LogP contribution in [-0.2, 0) is 13.0 Å². The predicted octanol–water partition coefficient (Wildman–Crippen LogP) is 3.16. The summed E-state index contributed by atoms with van der Waals surface area (Å²) in [7, 11) is 0. The molecule has 1 fully saturated rings. The van der Waals surface area contributed by atoms with Crippen molar-refractivity contribution in [3.05, 3.63) is 47.1 Å². The highest BCUT2D eigenvalue weighted by atomic mass is 32.1. The fraction of sp³-hybridized carbons (Fsp3) is 0.444. The normalized spacial score (nSPS) is 18.1. The maximum Gasteiger partial charge on any atom is 0.188 e. The standard InChI is InChI=1S/C18H23N7S/c1-13-15(9-22-24-13)11-25-5-2-3-14(10-25)7-16-8-17(21-12-20-16)23-18-19-4-6-26-18/h4,6,8-9,12,14H,2-3,5,7,10-11H2,1H3,(H,22,24)(H,19,20,21,23). The van der Waals surface area contributed by atoms with Crippen LogP contribution in [0.2, 0.25) is 0 Å². The number of nitrogens with one attached hydrogen (secondary N) is 2. The number of piperidine rings is 1. The lowest BCUT2D eigenvalue weighted by Gasteiger charge is -2.32. The topological polar surface area (TPSA) is 82.6 Å². The Kier molecular flexibility index (Phi) is 5.21. The first-order chi connectivity index (χ1) is 12.8. The van der Waals surface area contributed by atoms with Crippen LogP contribution in [-0.4, -0.2) is 43.1 Å². The average molecular weight is 369 g/mol. The lowest BCUT2D eigenvalue weighted by atomic mass is 9.93. The molecule has 4 heterocycles. The van der Waals surface area contributed by atoms with E-state index in [2.05, 4.69) is 42.3 Å². The molecule has 0 aliphatic carbocycles. The van der Waals surface area contributed by atoms with Crippen LogP contribution in [0, 0.1) is 12.8 Å². The zero-order valence-corrected chi connectivity index (χ0v) is 15.7. The Morgan fingerprint density at radius 1 is 1.35 bits per heavy atom. The van der Waals surface area contributed by atoms with Gasteiger partial charge < -0.3 is 5.32 Å². The third-order valence-electron chi connectivity index (χ3n) is 4.82. The van der Waals surface area contributed by atoms with E-state index < -0.39 is 0 Å². The molecule has 0 saturated carbocycles. The molecule has 0 amide bonds. The van der Waals surface area contributed by atoms with Gasteiger partial charge in [-0.1, -0.05) is 0 Å². The number of rotatable bonds is 6. The van der Waals surface area contributed by atoms with Crippen molar-refractivity contribution in [2.24, 2.45) is 5.92 Å². The zero-order chi connectivity index (χ0) is 17.8. The lowest BCUT2D eigenvalue weighted by molar-refractivity contribution is 0.166. The number of likely N-dealkylation sites (tertiary alicyclic amines) is 1. The Balaban J connectivity index is 1.36.